The average Bonchev–Trinajstić information content (AvgIpc) is 3.40. The van der Waals surface area contributed by atoms with Crippen LogP contribution >= 0.6 is 0 Å². The maximum atomic E-state index is 12.8. The first-order valence-corrected chi connectivity index (χ1v) is 11.9. The molecule has 1 rings (SSSR count). The molecule has 18 heteroatoms. The van der Waals surface area contributed by atoms with Gasteiger partial charge in [0.15, 0.2) is 0 Å². The van der Waals surface area contributed by atoms with Crippen LogP contribution in [0.1, 0.15) is 25.7 Å². The maximum absolute atomic E-state index is 12.8. The van der Waals surface area contributed by atoms with Crippen molar-refractivity contribution < 1.29 is 54.0 Å². The zero-order valence-corrected chi connectivity index (χ0v) is 21.0. The lowest BCUT2D eigenvalue weighted by Crippen LogP contribution is -2.58. The van der Waals surface area contributed by atoms with E-state index in [0.29, 0.717) is 6.42 Å². The van der Waals surface area contributed by atoms with Crippen LogP contribution in [0.15, 0.2) is 0 Å². The third-order valence-electron chi connectivity index (χ3n) is 5.72. The number of carbonyl (C=O) groups is 7. The van der Waals surface area contributed by atoms with Gasteiger partial charge < -0.3 is 58.1 Å². The quantitative estimate of drug-likeness (QED) is 0.0840. The van der Waals surface area contributed by atoms with Crippen molar-refractivity contribution in [1.82, 2.24) is 26.2 Å². The second kappa shape index (κ2) is 16.2. The molecule has 39 heavy (non-hydrogen) atoms. The van der Waals surface area contributed by atoms with E-state index in [4.69, 9.17) is 16.6 Å². The average molecular weight is 562 g/mol. The van der Waals surface area contributed by atoms with Gasteiger partial charge in [-0.3, -0.25) is 28.8 Å². The molecular weight excluding hydrogens is 526 g/mol. The van der Waals surface area contributed by atoms with Crippen molar-refractivity contribution >= 4 is 41.4 Å². The number of nitrogens with one attached hydrogen (secondary N) is 4. The van der Waals surface area contributed by atoms with Crippen LogP contribution in [0.3, 0.4) is 0 Å². The number of aliphatic carboxylic acids is 1. The van der Waals surface area contributed by atoms with Crippen molar-refractivity contribution in [2.45, 2.75) is 55.9 Å². The summed E-state index contributed by atoms with van der Waals surface area (Å²) in [5.41, 5.74) is 10.4. The van der Waals surface area contributed by atoms with E-state index in [0.717, 1.165) is 4.90 Å². The van der Waals surface area contributed by atoms with Gasteiger partial charge in [-0.2, -0.15) is 0 Å². The van der Waals surface area contributed by atoms with Crippen molar-refractivity contribution in [2.75, 3.05) is 32.9 Å². The first-order valence-electron chi connectivity index (χ1n) is 11.9. The Labute approximate surface area is 222 Å². The Morgan fingerprint density at radius 3 is 2.00 bits per heavy atom. The van der Waals surface area contributed by atoms with Crippen LogP contribution in [0, 0.1) is 0 Å². The van der Waals surface area contributed by atoms with E-state index in [1.807, 2.05) is 0 Å². The number of aliphatic hydroxyl groups excluding tert-OH is 3. The van der Waals surface area contributed by atoms with Gasteiger partial charge in [-0.05, 0) is 19.3 Å². The molecule has 5 atom stereocenters. The van der Waals surface area contributed by atoms with Crippen LogP contribution in [0.5, 0.6) is 0 Å². The van der Waals surface area contributed by atoms with Gasteiger partial charge in [0, 0.05) is 13.0 Å². The number of rotatable bonds is 16. The molecule has 0 aromatic carbocycles. The second-order valence-electron chi connectivity index (χ2n) is 8.65. The molecule has 0 radical (unpaired) electrons. The molecule has 0 bridgehead atoms. The van der Waals surface area contributed by atoms with Crippen molar-refractivity contribution in [2.24, 2.45) is 11.5 Å². The number of hydrogen-bond acceptors (Lipinski definition) is 11. The number of primary amides is 1. The van der Waals surface area contributed by atoms with Crippen molar-refractivity contribution in [3.8, 4) is 0 Å². The lowest BCUT2D eigenvalue weighted by Gasteiger charge is -2.27. The second-order valence-corrected chi connectivity index (χ2v) is 8.65. The highest BCUT2D eigenvalue weighted by molar-refractivity contribution is 5.95. The molecule has 18 nitrogen and oxygen atoms in total. The Balaban J connectivity index is 2.82. The van der Waals surface area contributed by atoms with Gasteiger partial charge in [0.25, 0.3) is 0 Å². The van der Waals surface area contributed by atoms with Gasteiger partial charge in [-0.1, -0.05) is 0 Å². The minimum atomic E-state index is -1.54. The number of nitrogens with zero attached hydrogens (tertiary/aromatic N) is 1. The highest BCUT2D eigenvalue weighted by Crippen LogP contribution is 2.18. The summed E-state index contributed by atoms with van der Waals surface area (Å²) in [6.45, 7) is -3.10. The Kier molecular flexibility index (Phi) is 13.7. The molecular formula is C21H35N7O11. The number of aliphatic hydroxyl groups is 3. The predicted octanol–water partition coefficient (Wildman–Crippen LogP) is -6.80. The van der Waals surface area contributed by atoms with Crippen LogP contribution in [0.2, 0.25) is 0 Å². The fourth-order valence-electron chi connectivity index (χ4n) is 3.59. The predicted molar refractivity (Wildman–Crippen MR) is 129 cm³/mol. The number of nitrogens with two attached hydrogens (primary N) is 2. The van der Waals surface area contributed by atoms with Crippen LogP contribution in [-0.4, -0.2) is 130 Å². The number of amides is 6. The Bertz CT molecular complexity index is 932. The molecule has 0 aromatic heterocycles. The van der Waals surface area contributed by atoms with Crippen LogP contribution in [0.25, 0.3) is 0 Å². The molecule has 220 valence electrons. The van der Waals surface area contributed by atoms with E-state index in [1.54, 1.807) is 0 Å². The van der Waals surface area contributed by atoms with Crippen LogP contribution in [0.4, 0.5) is 0 Å². The first kappa shape index (κ1) is 33.2. The lowest BCUT2D eigenvalue weighted by atomic mass is 10.1. The number of hydrogen-bond donors (Lipinski definition) is 10. The summed E-state index contributed by atoms with van der Waals surface area (Å²) in [6, 6.07) is -6.97. The Morgan fingerprint density at radius 1 is 0.846 bits per heavy atom. The third kappa shape index (κ3) is 10.4. The summed E-state index contributed by atoms with van der Waals surface area (Å²) in [6.07, 6.45) is -0.0689. The number of likely N-dealkylation sites (tertiary alicyclic amines) is 1. The molecule has 0 aliphatic carbocycles. The number of carbonyl (C=O) groups excluding carboxylic acids is 6. The molecule has 0 spiro atoms. The van der Waals surface area contributed by atoms with Crippen molar-refractivity contribution in [3.05, 3.63) is 0 Å². The molecule has 1 saturated heterocycles. The molecule has 0 unspecified atom stereocenters. The number of carboxylic acids is 1. The molecule has 12 N–H and O–H groups in total. The standard InChI is InChI=1S/C21H35N7O11/c22-10(7-29)17(34)26-12(8-30)18(35)24-6-16(33)25-11(3-4-15(23)32)19(36)27-13(9-31)20(37)28-5-1-2-14(28)21(38)39/h10-14,29-31H,1-9,22H2,(H2,23,32)(H,24,35)(H,25,33)(H,26,34)(H,27,36)(H,38,39)/t10-,11-,12-,13-,14-/m0/s1. The third-order valence-corrected chi connectivity index (χ3v) is 5.72. The highest BCUT2D eigenvalue weighted by atomic mass is 16.4. The molecule has 6 amide bonds. The van der Waals surface area contributed by atoms with Gasteiger partial charge in [-0.25, -0.2) is 4.79 Å². The molecule has 1 aliphatic heterocycles. The summed E-state index contributed by atoms with van der Waals surface area (Å²) in [5, 5.41) is 45.8. The molecule has 0 saturated carbocycles. The van der Waals surface area contributed by atoms with Crippen molar-refractivity contribution in [1.29, 1.82) is 0 Å². The van der Waals surface area contributed by atoms with E-state index >= 15 is 0 Å². The zero-order valence-electron chi connectivity index (χ0n) is 21.0. The number of carboxylic acid groups (broad SMARTS) is 1. The SMILES string of the molecule is NC(=O)CC[C@H](NC(=O)CNC(=O)[C@H](CO)NC(=O)[C@@H](N)CO)C(=O)N[C@@H](CO)C(=O)N1CCC[C@H]1C(=O)O. The highest BCUT2D eigenvalue weighted by Gasteiger charge is 2.38. The summed E-state index contributed by atoms with van der Waals surface area (Å²) in [7, 11) is 0. The van der Waals surface area contributed by atoms with Gasteiger partial charge in [0.1, 0.15) is 30.2 Å². The molecule has 1 aliphatic rings. The molecule has 1 fully saturated rings. The summed E-state index contributed by atoms with van der Waals surface area (Å²) < 4.78 is 0. The normalized spacial score (nSPS) is 17.7. The van der Waals surface area contributed by atoms with Crippen molar-refractivity contribution in [3.63, 3.8) is 0 Å². The minimum Gasteiger partial charge on any atom is -0.480 e. The van der Waals surface area contributed by atoms with Gasteiger partial charge in [0.05, 0.1) is 26.4 Å². The van der Waals surface area contributed by atoms with E-state index in [9.17, 15) is 48.9 Å². The van der Waals surface area contributed by atoms with Gasteiger partial charge in [0.2, 0.25) is 35.4 Å². The summed E-state index contributed by atoms with van der Waals surface area (Å²) in [4.78, 5) is 85.5. The van der Waals surface area contributed by atoms with Gasteiger partial charge in [-0.15, -0.1) is 0 Å². The Morgan fingerprint density at radius 2 is 1.46 bits per heavy atom. The van der Waals surface area contributed by atoms with E-state index in [-0.39, 0.29) is 25.8 Å². The minimum absolute atomic E-state index is 0.102. The topological polar surface area (TPSA) is 304 Å². The smallest absolute Gasteiger partial charge is 0.326 e. The molecule has 0 aromatic rings. The lowest BCUT2D eigenvalue weighted by molar-refractivity contribution is -0.150. The first-order chi connectivity index (χ1) is 18.4. The fourth-order valence-corrected chi connectivity index (χ4v) is 3.59. The summed E-state index contributed by atoms with van der Waals surface area (Å²) in [5.74, 6) is -6.76. The maximum Gasteiger partial charge on any atom is 0.326 e. The molecule has 1 heterocycles. The van der Waals surface area contributed by atoms with Crippen LogP contribution < -0.4 is 32.7 Å². The summed E-state index contributed by atoms with van der Waals surface area (Å²) >= 11 is 0. The zero-order chi connectivity index (χ0) is 29.7. The van der Waals surface area contributed by atoms with E-state index in [2.05, 4.69) is 21.3 Å². The fraction of sp³-hybridized carbons (Fsp3) is 0.667. The Hall–Kier alpha value is -3.87. The van der Waals surface area contributed by atoms with Crippen LogP contribution in [-0.2, 0) is 33.6 Å². The van der Waals surface area contributed by atoms with E-state index < -0.39 is 98.0 Å². The van der Waals surface area contributed by atoms with Gasteiger partial charge >= 0.3 is 5.97 Å². The largest absolute Gasteiger partial charge is 0.480 e. The monoisotopic (exact) mass is 561 g/mol. The van der Waals surface area contributed by atoms with E-state index in [1.165, 1.54) is 0 Å².